The summed E-state index contributed by atoms with van der Waals surface area (Å²) in [5.41, 5.74) is -2.75. The summed E-state index contributed by atoms with van der Waals surface area (Å²) >= 11 is 0. The fourth-order valence-corrected chi connectivity index (χ4v) is 3.95. The Bertz CT molecular complexity index is 416. The van der Waals surface area contributed by atoms with E-state index in [1.807, 2.05) is 0 Å². The van der Waals surface area contributed by atoms with Gasteiger partial charge in [0.15, 0.2) is 0 Å². The van der Waals surface area contributed by atoms with E-state index in [0.717, 1.165) is 0 Å². The summed E-state index contributed by atoms with van der Waals surface area (Å²) in [6, 6.07) is 0. The third kappa shape index (κ3) is 6.77. The molecule has 6 unspecified atom stereocenters. The van der Waals surface area contributed by atoms with Gasteiger partial charge in [0.2, 0.25) is 0 Å². The van der Waals surface area contributed by atoms with Crippen molar-refractivity contribution in [2.45, 2.75) is 73.5 Å². The van der Waals surface area contributed by atoms with Crippen molar-refractivity contribution in [3.63, 3.8) is 0 Å². The van der Waals surface area contributed by atoms with Crippen LogP contribution in [0.3, 0.4) is 0 Å². The Labute approximate surface area is 169 Å². The molecular weight excluding hydrogens is 392 g/mol. The van der Waals surface area contributed by atoms with E-state index in [9.17, 15) is 40.9 Å². The van der Waals surface area contributed by atoms with E-state index in [4.69, 9.17) is 14.2 Å². The van der Waals surface area contributed by atoms with Gasteiger partial charge in [0.25, 0.3) is 0 Å². The quantitative estimate of drug-likeness (QED) is 0.113. The van der Waals surface area contributed by atoms with E-state index >= 15 is 0 Å². The third-order valence-electron chi connectivity index (χ3n) is 5.41. The first-order chi connectivity index (χ1) is 13.7. The minimum Gasteiger partial charge on any atom is -0.394 e. The maximum absolute atomic E-state index is 10.1. The van der Waals surface area contributed by atoms with Crippen LogP contribution in [0.2, 0.25) is 0 Å². The number of ether oxygens (including phenoxy) is 3. The summed E-state index contributed by atoms with van der Waals surface area (Å²) in [7, 11) is 0. The zero-order chi connectivity index (χ0) is 21.7. The van der Waals surface area contributed by atoms with Gasteiger partial charge in [-0.1, -0.05) is 0 Å². The summed E-state index contributed by atoms with van der Waals surface area (Å²) < 4.78 is 17.2. The fourth-order valence-electron chi connectivity index (χ4n) is 3.95. The largest absolute Gasteiger partial charge is 0.394 e. The van der Waals surface area contributed by atoms with E-state index in [2.05, 4.69) is 0 Å². The summed E-state index contributed by atoms with van der Waals surface area (Å²) in [6.45, 7) is -1.78. The van der Waals surface area contributed by atoms with E-state index in [0.29, 0.717) is 0 Å². The Morgan fingerprint density at radius 2 is 0.862 bits per heavy atom. The van der Waals surface area contributed by atoms with Crippen molar-refractivity contribution >= 4 is 0 Å². The second kappa shape index (κ2) is 10.7. The monoisotopic (exact) mass is 426 g/mol. The normalized spacial score (nSPS) is 29.4. The molecule has 2 aliphatic heterocycles. The number of epoxide rings is 2. The maximum Gasteiger partial charge on any atom is 0.110 e. The lowest BCUT2D eigenvalue weighted by Crippen LogP contribution is -2.57. The number of hydrogen-bond donors (Lipinski definition) is 8. The van der Waals surface area contributed by atoms with Crippen molar-refractivity contribution in [2.24, 2.45) is 0 Å². The Morgan fingerprint density at radius 1 is 0.621 bits per heavy atom. The molecule has 6 atom stereocenters. The topological polar surface area (TPSA) is 196 Å². The molecule has 0 aliphatic carbocycles. The van der Waals surface area contributed by atoms with Gasteiger partial charge in [-0.25, -0.2) is 0 Å². The molecule has 0 aromatic rings. The summed E-state index contributed by atoms with van der Waals surface area (Å²) in [5, 5.41) is 77.9. The van der Waals surface area contributed by atoms with Gasteiger partial charge in [-0.2, -0.15) is 0 Å². The van der Waals surface area contributed by atoms with Crippen LogP contribution < -0.4 is 0 Å². The average molecular weight is 426 g/mol. The predicted octanol–water partition coefficient (Wildman–Crippen LogP) is -3.75. The molecule has 29 heavy (non-hydrogen) atoms. The zero-order valence-electron chi connectivity index (χ0n) is 16.3. The molecule has 0 amide bonds. The van der Waals surface area contributed by atoms with E-state index in [1.165, 1.54) is 0 Å². The molecule has 0 radical (unpaired) electrons. The molecule has 2 aliphatic rings. The molecule has 2 rings (SSSR count). The average Bonchev–Trinajstić information content (AvgIpc) is 3.58. The summed E-state index contributed by atoms with van der Waals surface area (Å²) in [5.74, 6) is 0. The molecule has 0 aromatic carbocycles. The fraction of sp³-hybridized carbons (Fsp3) is 1.00. The second-order valence-corrected chi connectivity index (χ2v) is 8.04. The van der Waals surface area contributed by atoms with Crippen LogP contribution in [0.5, 0.6) is 0 Å². The van der Waals surface area contributed by atoms with Crippen LogP contribution >= 0.6 is 0 Å². The molecule has 8 N–H and O–H groups in total. The van der Waals surface area contributed by atoms with Crippen LogP contribution in [0.4, 0.5) is 0 Å². The van der Waals surface area contributed by atoms with Gasteiger partial charge in [-0.15, -0.1) is 0 Å². The molecule has 2 heterocycles. The van der Waals surface area contributed by atoms with Gasteiger partial charge in [0.1, 0.15) is 23.4 Å². The minimum absolute atomic E-state index is 0.149. The molecule has 0 bridgehead atoms. The van der Waals surface area contributed by atoms with Gasteiger partial charge in [0.05, 0.1) is 64.1 Å². The smallest absolute Gasteiger partial charge is 0.110 e. The zero-order valence-corrected chi connectivity index (χ0v) is 16.3. The van der Waals surface area contributed by atoms with Crippen molar-refractivity contribution in [1.29, 1.82) is 0 Å². The van der Waals surface area contributed by atoms with E-state index < -0.39 is 74.3 Å². The molecule has 172 valence electrons. The lowest BCUT2D eigenvalue weighted by Gasteiger charge is -2.46. The van der Waals surface area contributed by atoms with Crippen LogP contribution in [0.1, 0.15) is 25.7 Å². The first-order valence-corrected chi connectivity index (χ1v) is 9.83. The highest BCUT2D eigenvalue weighted by Crippen LogP contribution is 2.46. The standard InChI is InChI=1S/C18H34O11/c19-5-11(23)1-17(15-9-27-15,2-12(24)6-20)29-18(16-10-28-16,3-13(25)7-21)4-14(26)8-22/h11-16,19-26H,1-10H2. The highest BCUT2D eigenvalue weighted by Gasteiger charge is 2.59. The Balaban J connectivity index is 2.40. The minimum atomic E-state index is -1.37. The Kier molecular flexibility index (Phi) is 9.19. The maximum atomic E-state index is 10.1. The molecule has 2 fully saturated rings. The molecule has 11 nitrogen and oxygen atoms in total. The van der Waals surface area contributed by atoms with E-state index in [-0.39, 0.29) is 38.9 Å². The highest BCUT2D eigenvalue weighted by molar-refractivity contribution is 5.06. The number of hydrogen-bond acceptors (Lipinski definition) is 11. The number of aliphatic hydroxyl groups is 8. The van der Waals surface area contributed by atoms with Crippen molar-refractivity contribution in [3.8, 4) is 0 Å². The van der Waals surface area contributed by atoms with Crippen LogP contribution in [0.15, 0.2) is 0 Å². The summed E-state index contributed by atoms with van der Waals surface area (Å²) in [4.78, 5) is 0. The lowest BCUT2D eigenvalue weighted by molar-refractivity contribution is -0.224. The van der Waals surface area contributed by atoms with Gasteiger partial charge < -0.3 is 55.1 Å². The Hall–Kier alpha value is -0.440. The van der Waals surface area contributed by atoms with Gasteiger partial charge in [0, 0.05) is 25.7 Å². The van der Waals surface area contributed by atoms with Crippen LogP contribution in [-0.2, 0) is 14.2 Å². The van der Waals surface area contributed by atoms with Crippen molar-refractivity contribution in [3.05, 3.63) is 0 Å². The molecule has 11 heteroatoms. The van der Waals surface area contributed by atoms with Crippen LogP contribution in [-0.4, -0.2) is 128 Å². The van der Waals surface area contributed by atoms with Gasteiger partial charge in [-0.3, -0.25) is 0 Å². The number of aliphatic hydroxyl groups excluding tert-OH is 8. The van der Waals surface area contributed by atoms with Crippen LogP contribution in [0.25, 0.3) is 0 Å². The van der Waals surface area contributed by atoms with Gasteiger partial charge >= 0.3 is 0 Å². The van der Waals surface area contributed by atoms with Crippen LogP contribution in [0, 0.1) is 0 Å². The Morgan fingerprint density at radius 3 is 1.03 bits per heavy atom. The second-order valence-electron chi connectivity index (χ2n) is 8.04. The third-order valence-corrected chi connectivity index (χ3v) is 5.41. The first-order valence-electron chi connectivity index (χ1n) is 9.83. The molecule has 0 saturated carbocycles. The molecule has 2 saturated heterocycles. The van der Waals surface area contributed by atoms with Crippen molar-refractivity contribution in [2.75, 3.05) is 39.6 Å². The SMILES string of the molecule is OCC(O)CC(CC(O)CO)(OC(CC(O)CO)(CC(O)CO)C1CO1)C1CO1. The van der Waals surface area contributed by atoms with E-state index in [1.54, 1.807) is 0 Å². The first kappa shape index (κ1) is 24.8. The molecular formula is C18H34O11. The van der Waals surface area contributed by atoms with Crippen molar-refractivity contribution < 1.29 is 55.1 Å². The molecule has 0 spiro atoms. The van der Waals surface area contributed by atoms with Gasteiger partial charge in [-0.05, 0) is 0 Å². The molecule has 0 aromatic heterocycles. The highest BCUT2D eigenvalue weighted by atomic mass is 16.6. The van der Waals surface area contributed by atoms with Crippen molar-refractivity contribution in [1.82, 2.24) is 0 Å². The lowest BCUT2D eigenvalue weighted by atomic mass is 9.81. The number of rotatable bonds is 16. The predicted molar refractivity (Wildman–Crippen MR) is 96.9 cm³/mol. The summed E-state index contributed by atoms with van der Waals surface area (Å²) in [6.07, 6.45) is -6.59.